The van der Waals surface area contributed by atoms with E-state index in [0.717, 1.165) is 16.5 Å². The molecule has 2 aromatic rings. The van der Waals surface area contributed by atoms with Crippen molar-refractivity contribution in [3.8, 4) is 0 Å². The lowest BCUT2D eigenvalue weighted by molar-refractivity contribution is -0.141. The molecule has 0 aliphatic carbocycles. The second-order valence-corrected chi connectivity index (χ2v) is 8.23. The van der Waals surface area contributed by atoms with Gasteiger partial charge in [0.2, 0.25) is 11.8 Å². The summed E-state index contributed by atoms with van der Waals surface area (Å²) in [7, 11) is 1.52. The summed E-state index contributed by atoms with van der Waals surface area (Å²) in [5.41, 5.74) is 2.08. The molecule has 2 unspecified atom stereocenters. The van der Waals surface area contributed by atoms with Crippen LogP contribution in [0.1, 0.15) is 32.8 Å². The maximum Gasteiger partial charge on any atom is 0.248 e. The molecule has 0 bridgehead atoms. The quantitative estimate of drug-likeness (QED) is 0.478. The molecule has 0 saturated carbocycles. The Morgan fingerprint density at radius 2 is 2.06 bits per heavy atom. The molecule has 8 nitrogen and oxygen atoms in total. The summed E-state index contributed by atoms with van der Waals surface area (Å²) in [5.74, 6) is -0.482. The third kappa shape index (κ3) is 5.08. The van der Waals surface area contributed by atoms with E-state index in [9.17, 15) is 14.7 Å². The van der Waals surface area contributed by atoms with Crippen LogP contribution in [0.15, 0.2) is 30.5 Å². The van der Waals surface area contributed by atoms with E-state index in [0.29, 0.717) is 25.9 Å². The number of carbonyl (C=O) groups is 2. The van der Waals surface area contributed by atoms with Gasteiger partial charge in [0, 0.05) is 30.8 Å². The maximum absolute atomic E-state index is 13.5. The van der Waals surface area contributed by atoms with E-state index in [1.165, 1.54) is 7.11 Å². The van der Waals surface area contributed by atoms with Gasteiger partial charge in [-0.2, -0.15) is 0 Å². The molecule has 1 saturated heterocycles. The Kier molecular flexibility index (Phi) is 7.69. The van der Waals surface area contributed by atoms with Crippen molar-refractivity contribution >= 4 is 22.7 Å². The van der Waals surface area contributed by atoms with Crippen molar-refractivity contribution in [2.24, 2.45) is 0 Å². The molecular formula is C23H34N4O4. The number of hydrogen-bond donors (Lipinski definition) is 4. The Bertz CT molecular complexity index is 899. The van der Waals surface area contributed by atoms with Gasteiger partial charge in [-0.05, 0) is 44.9 Å². The predicted octanol–water partition coefficient (Wildman–Crippen LogP) is 1.19. The van der Waals surface area contributed by atoms with E-state index >= 15 is 0 Å². The number of amides is 2. The van der Waals surface area contributed by atoms with Crippen LogP contribution in [-0.4, -0.2) is 77.3 Å². The Labute approximate surface area is 183 Å². The number of fused-ring (bicyclic) bond motifs is 1. The zero-order chi connectivity index (χ0) is 22.5. The number of hydrogen-bond acceptors (Lipinski definition) is 5. The lowest BCUT2D eigenvalue weighted by atomic mass is 10.0. The predicted molar refractivity (Wildman–Crippen MR) is 120 cm³/mol. The smallest absolute Gasteiger partial charge is 0.248 e. The number of ether oxygens (including phenoxy) is 1. The summed E-state index contributed by atoms with van der Waals surface area (Å²) in [5, 5.41) is 17.7. The van der Waals surface area contributed by atoms with Gasteiger partial charge in [0.1, 0.15) is 6.04 Å². The van der Waals surface area contributed by atoms with Crippen LogP contribution in [0.3, 0.4) is 0 Å². The molecule has 1 aromatic carbocycles. The molecule has 0 radical (unpaired) electrons. The van der Waals surface area contributed by atoms with Crippen LogP contribution in [0.5, 0.6) is 0 Å². The first-order valence-electron chi connectivity index (χ1n) is 11.0. The van der Waals surface area contributed by atoms with Crippen molar-refractivity contribution < 1.29 is 19.4 Å². The number of para-hydroxylation sites is 1. The molecule has 3 rings (SSSR count). The van der Waals surface area contributed by atoms with Crippen molar-refractivity contribution in [3.05, 3.63) is 36.0 Å². The third-order valence-corrected chi connectivity index (χ3v) is 6.21. The summed E-state index contributed by atoms with van der Waals surface area (Å²) in [4.78, 5) is 31.0. The van der Waals surface area contributed by atoms with Crippen molar-refractivity contribution in [1.82, 2.24) is 20.5 Å². The number of likely N-dealkylation sites (N-methyl/N-ethyl adjacent to an activating group) is 1. The number of benzene rings is 1. The van der Waals surface area contributed by atoms with Crippen LogP contribution in [0.4, 0.5) is 0 Å². The number of aliphatic hydroxyl groups excluding tert-OH is 1. The Hall–Kier alpha value is -2.42. The van der Waals surface area contributed by atoms with Gasteiger partial charge < -0.3 is 30.4 Å². The summed E-state index contributed by atoms with van der Waals surface area (Å²) in [6.07, 6.45) is 1.86. The Balaban J connectivity index is 1.79. The Morgan fingerprint density at radius 1 is 1.32 bits per heavy atom. The zero-order valence-corrected chi connectivity index (χ0v) is 18.7. The van der Waals surface area contributed by atoms with Gasteiger partial charge >= 0.3 is 0 Å². The fourth-order valence-corrected chi connectivity index (χ4v) is 4.25. The van der Waals surface area contributed by atoms with E-state index in [1.54, 1.807) is 18.7 Å². The van der Waals surface area contributed by atoms with Gasteiger partial charge in [0.25, 0.3) is 0 Å². The number of carbonyl (C=O) groups excluding carboxylic acids is 2. The fourth-order valence-electron chi connectivity index (χ4n) is 4.25. The van der Waals surface area contributed by atoms with Gasteiger partial charge in [-0.3, -0.25) is 9.59 Å². The first-order chi connectivity index (χ1) is 14.9. The van der Waals surface area contributed by atoms with Gasteiger partial charge in [-0.15, -0.1) is 0 Å². The second-order valence-electron chi connectivity index (χ2n) is 8.23. The number of rotatable bonds is 9. The molecule has 2 amide bonds. The molecule has 170 valence electrons. The molecule has 1 aliphatic heterocycles. The highest BCUT2D eigenvalue weighted by Gasteiger charge is 2.41. The average molecular weight is 431 g/mol. The van der Waals surface area contributed by atoms with E-state index in [4.69, 9.17) is 4.74 Å². The minimum atomic E-state index is -0.825. The van der Waals surface area contributed by atoms with E-state index in [-0.39, 0.29) is 17.9 Å². The number of aromatic nitrogens is 1. The lowest BCUT2D eigenvalue weighted by Crippen LogP contribution is -2.58. The highest BCUT2D eigenvalue weighted by Crippen LogP contribution is 2.27. The minimum absolute atomic E-state index is 0.229. The van der Waals surface area contributed by atoms with Gasteiger partial charge in [-0.1, -0.05) is 25.1 Å². The summed E-state index contributed by atoms with van der Waals surface area (Å²) in [6.45, 7) is 6.54. The van der Waals surface area contributed by atoms with Gasteiger partial charge in [0.15, 0.2) is 0 Å². The van der Waals surface area contributed by atoms with Crippen LogP contribution in [0, 0.1) is 0 Å². The van der Waals surface area contributed by atoms with E-state index in [2.05, 4.69) is 15.6 Å². The first-order valence-corrected chi connectivity index (χ1v) is 11.0. The normalized spacial score (nSPS) is 21.8. The standard InChI is InChI=1S/C23H34N4O4/c1-5-24-14(2)22(29)26-21(15(3)31-4)23(30)27-11-10-20(28)19(27)12-16-13-25-18-9-7-6-8-17(16)18/h6-9,13-15,19-21,24-25,28H,5,10-12H2,1-4H3,(H,26,29)/t14-,15?,19-,20?,21-/m0/s1. The van der Waals surface area contributed by atoms with Crippen LogP contribution in [-0.2, 0) is 20.7 Å². The molecule has 0 spiro atoms. The SMILES string of the molecule is CCN[C@@H](C)C(=O)N[C@H](C(=O)N1CCC(O)[C@@H]1Cc1c[nH]c2ccccc12)C(C)OC. The topological polar surface area (TPSA) is 107 Å². The fraction of sp³-hybridized carbons (Fsp3) is 0.565. The molecule has 5 atom stereocenters. The van der Waals surface area contributed by atoms with Crippen LogP contribution < -0.4 is 10.6 Å². The van der Waals surface area contributed by atoms with Crippen LogP contribution in [0.2, 0.25) is 0 Å². The largest absolute Gasteiger partial charge is 0.391 e. The van der Waals surface area contributed by atoms with Gasteiger partial charge in [-0.25, -0.2) is 0 Å². The molecular weight excluding hydrogens is 396 g/mol. The number of likely N-dealkylation sites (tertiary alicyclic amines) is 1. The monoisotopic (exact) mass is 430 g/mol. The minimum Gasteiger partial charge on any atom is -0.391 e. The van der Waals surface area contributed by atoms with E-state index in [1.807, 2.05) is 37.4 Å². The van der Waals surface area contributed by atoms with E-state index < -0.39 is 24.3 Å². The molecule has 1 fully saturated rings. The summed E-state index contributed by atoms with van der Waals surface area (Å²) in [6, 6.07) is 6.38. The van der Waals surface area contributed by atoms with Crippen molar-refractivity contribution in [2.75, 3.05) is 20.2 Å². The number of nitrogens with one attached hydrogen (secondary N) is 3. The molecule has 8 heteroatoms. The lowest BCUT2D eigenvalue weighted by Gasteiger charge is -2.33. The number of aromatic amines is 1. The highest BCUT2D eigenvalue weighted by molar-refractivity contribution is 5.90. The summed E-state index contributed by atoms with van der Waals surface area (Å²) >= 11 is 0. The number of H-pyrrole nitrogens is 1. The van der Waals surface area contributed by atoms with Gasteiger partial charge in [0.05, 0.1) is 24.3 Å². The molecule has 2 heterocycles. The molecule has 4 N–H and O–H groups in total. The zero-order valence-electron chi connectivity index (χ0n) is 18.7. The van der Waals surface area contributed by atoms with Crippen molar-refractivity contribution in [1.29, 1.82) is 0 Å². The van der Waals surface area contributed by atoms with Crippen LogP contribution in [0.25, 0.3) is 10.9 Å². The van der Waals surface area contributed by atoms with Crippen LogP contribution >= 0.6 is 0 Å². The summed E-state index contributed by atoms with van der Waals surface area (Å²) < 4.78 is 5.41. The first kappa shape index (κ1) is 23.2. The molecule has 1 aromatic heterocycles. The highest BCUT2D eigenvalue weighted by atomic mass is 16.5. The number of aliphatic hydroxyl groups is 1. The number of methoxy groups -OCH3 is 1. The number of nitrogens with zero attached hydrogens (tertiary/aromatic N) is 1. The Morgan fingerprint density at radius 3 is 2.77 bits per heavy atom. The second kappa shape index (κ2) is 10.3. The van der Waals surface area contributed by atoms with Crippen molar-refractivity contribution in [3.63, 3.8) is 0 Å². The maximum atomic E-state index is 13.5. The third-order valence-electron chi connectivity index (χ3n) is 6.21. The molecule has 1 aliphatic rings. The van der Waals surface area contributed by atoms with Crippen molar-refractivity contribution in [2.45, 2.75) is 63.9 Å². The average Bonchev–Trinajstić information content (AvgIpc) is 3.35. The molecule has 31 heavy (non-hydrogen) atoms.